The third-order valence-corrected chi connectivity index (χ3v) is 4.26. The van der Waals surface area contributed by atoms with Gasteiger partial charge in [0.05, 0.1) is 24.1 Å². The van der Waals surface area contributed by atoms with Crippen molar-refractivity contribution < 1.29 is 13.9 Å². The van der Waals surface area contributed by atoms with E-state index < -0.39 is 5.82 Å². The van der Waals surface area contributed by atoms with Gasteiger partial charge in [0, 0.05) is 0 Å². The van der Waals surface area contributed by atoms with Crippen LogP contribution >= 0.6 is 11.6 Å². The Morgan fingerprint density at radius 1 is 1.22 bits per heavy atom. The van der Waals surface area contributed by atoms with Gasteiger partial charge in [-0.3, -0.25) is 4.79 Å². The van der Waals surface area contributed by atoms with E-state index >= 15 is 0 Å². The van der Waals surface area contributed by atoms with Crippen molar-refractivity contribution in [1.29, 1.82) is 0 Å². The number of hydrogen-bond donors (Lipinski definition) is 0. The van der Waals surface area contributed by atoms with Crippen molar-refractivity contribution >= 4 is 17.5 Å². The molecule has 1 heterocycles. The van der Waals surface area contributed by atoms with Crippen LogP contribution in [0, 0.1) is 5.82 Å². The van der Waals surface area contributed by atoms with Gasteiger partial charge in [-0.05, 0) is 29.7 Å². The fourth-order valence-corrected chi connectivity index (χ4v) is 2.86. The smallest absolute Gasteiger partial charge is 0.229 e. The van der Waals surface area contributed by atoms with E-state index in [0.29, 0.717) is 12.2 Å². The number of carbonyl (C=O) groups excluding carboxylic acids is 1. The molecule has 3 rings (SSSR count). The second-order valence-electron chi connectivity index (χ2n) is 5.63. The fourth-order valence-electron chi connectivity index (χ4n) is 2.74. The Kier molecular flexibility index (Phi) is 4.94. The lowest BCUT2D eigenvalue weighted by atomic mass is 10.0. The van der Waals surface area contributed by atoms with Gasteiger partial charge >= 0.3 is 0 Å². The molecule has 1 fully saturated rings. The first-order valence-corrected chi connectivity index (χ1v) is 7.86. The molecule has 0 spiro atoms. The molecule has 1 atom stereocenters. The van der Waals surface area contributed by atoms with Crippen LogP contribution in [0.4, 0.5) is 4.39 Å². The Labute approximate surface area is 139 Å². The minimum absolute atomic E-state index is 0.0158. The van der Waals surface area contributed by atoms with Crippen molar-refractivity contribution in [3.8, 4) is 0 Å². The molecule has 23 heavy (non-hydrogen) atoms. The molecule has 0 N–H and O–H groups in total. The fraction of sp³-hybridized carbons (Fsp3) is 0.278. The molecule has 5 heteroatoms. The molecule has 3 nitrogen and oxygen atoms in total. The van der Waals surface area contributed by atoms with Crippen molar-refractivity contribution in [2.75, 3.05) is 13.3 Å². The van der Waals surface area contributed by atoms with Crippen molar-refractivity contribution in [3.05, 3.63) is 70.5 Å². The Morgan fingerprint density at radius 3 is 2.74 bits per heavy atom. The molecule has 0 aromatic heterocycles. The van der Waals surface area contributed by atoms with E-state index in [2.05, 4.69) is 0 Å². The highest BCUT2D eigenvalue weighted by Crippen LogP contribution is 2.19. The Hall–Kier alpha value is -1.91. The van der Waals surface area contributed by atoms with Gasteiger partial charge in [-0.15, -0.1) is 0 Å². The highest BCUT2D eigenvalue weighted by atomic mass is 35.5. The maximum absolute atomic E-state index is 13.5. The van der Waals surface area contributed by atoms with E-state index in [1.54, 1.807) is 11.0 Å². The zero-order valence-corrected chi connectivity index (χ0v) is 13.3. The molecular formula is C18H17ClFNO2. The predicted molar refractivity (Wildman–Crippen MR) is 86.7 cm³/mol. The van der Waals surface area contributed by atoms with Crippen LogP contribution in [0.5, 0.6) is 0 Å². The van der Waals surface area contributed by atoms with E-state index in [9.17, 15) is 9.18 Å². The van der Waals surface area contributed by atoms with Crippen LogP contribution in [0.1, 0.15) is 11.1 Å². The summed E-state index contributed by atoms with van der Waals surface area (Å²) in [5.41, 5.74) is 1.78. The molecule has 0 aliphatic carbocycles. The molecule has 2 aromatic rings. The molecule has 1 aliphatic heterocycles. The number of rotatable bonds is 4. The summed E-state index contributed by atoms with van der Waals surface area (Å²) < 4.78 is 18.9. The summed E-state index contributed by atoms with van der Waals surface area (Å²) in [7, 11) is 0. The predicted octanol–water partition coefficient (Wildman–Crippen LogP) is 3.45. The number of halogens is 2. The van der Waals surface area contributed by atoms with Crippen LogP contribution in [-0.2, 0) is 22.4 Å². The first-order valence-electron chi connectivity index (χ1n) is 7.48. The zero-order valence-electron chi connectivity index (χ0n) is 12.5. The molecule has 120 valence electrons. The summed E-state index contributed by atoms with van der Waals surface area (Å²) in [6, 6.07) is 14.5. The van der Waals surface area contributed by atoms with E-state index in [1.807, 2.05) is 30.3 Å². The average Bonchev–Trinajstić information content (AvgIpc) is 3.00. The summed E-state index contributed by atoms with van der Waals surface area (Å²) in [5.74, 6) is -0.569. The van der Waals surface area contributed by atoms with Crippen LogP contribution in [0.25, 0.3) is 0 Å². The largest absolute Gasteiger partial charge is 0.359 e. The number of nitrogens with zero attached hydrogens (tertiary/aromatic N) is 1. The Bertz CT molecular complexity index is 693. The third kappa shape index (κ3) is 3.89. The van der Waals surface area contributed by atoms with Crippen molar-refractivity contribution in [2.24, 2.45) is 0 Å². The van der Waals surface area contributed by atoms with Gasteiger partial charge < -0.3 is 9.64 Å². The molecule has 0 radical (unpaired) electrons. The first-order chi connectivity index (χ1) is 11.1. The third-order valence-electron chi connectivity index (χ3n) is 3.96. The van der Waals surface area contributed by atoms with Gasteiger partial charge in [-0.1, -0.05) is 48.0 Å². The number of benzene rings is 2. The monoisotopic (exact) mass is 333 g/mol. The zero-order chi connectivity index (χ0) is 16.2. The number of amides is 1. The minimum Gasteiger partial charge on any atom is -0.359 e. The summed E-state index contributed by atoms with van der Waals surface area (Å²) in [4.78, 5) is 14.2. The second kappa shape index (κ2) is 7.11. The molecule has 0 saturated carbocycles. The van der Waals surface area contributed by atoms with Crippen LogP contribution in [-0.4, -0.2) is 30.2 Å². The van der Waals surface area contributed by atoms with Gasteiger partial charge in [0.25, 0.3) is 0 Å². The second-order valence-corrected chi connectivity index (χ2v) is 6.04. The molecule has 1 amide bonds. The quantitative estimate of drug-likeness (QED) is 0.857. The summed E-state index contributed by atoms with van der Waals surface area (Å²) in [5, 5.41) is 0.0626. The molecule has 2 aromatic carbocycles. The molecule has 0 bridgehead atoms. The lowest BCUT2D eigenvalue weighted by Crippen LogP contribution is -2.38. The lowest BCUT2D eigenvalue weighted by Gasteiger charge is -2.22. The van der Waals surface area contributed by atoms with E-state index in [0.717, 1.165) is 6.42 Å². The van der Waals surface area contributed by atoms with Gasteiger partial charge in [0.2, 0.25) is 5.91 Å². The summed E-state index contributed by atoms with van der Waals surface area (Å²) in [6.45, 7) is 0.808. The lowest BCUT2D eigenvalue weighted by molar-refractivity contribution is -0.132. The Balaban J connectivity index is 1.67. The average molecular weight is 334 g/mol. The minimum atomic E-state index is -0.504. The number of hydrogen-bond acceptors (Lipinski definition) is 2. The molecule has 1 saturated heterocycles. The van der Waals surface area contributed by atoms with Crippen LogP contribution in [0.3, 0.4) is 0 Å². The summed E-state index contributed by atoms with van der Waals surface area (Å²) >= 11 is 5.67. The topological polar surface area (TPSA) is 29.5 Å². The van der Waals surface area contributed by atoms with E-state index in [1.165, 1.54) is 17.7 Å². The molecule has 1 aliphatic rings. The van der Waals surface area contributed by atoms with Crippen molar-refractivity contribution in [1.82, 2.24) is 4.90 Å². The molecule has 0 unspecified atom stereocenters. The summed E-state index contributed by atoms with van der Waals surface area (Å²) in [6.07, 6.45) is 0.893. The van der Waals surface area contributed by atoms with Gasteiger partial charge in [0.1, 0.15) is 12.5 Å². The Morgan fingerprint density at radius 2 is 2.00 bits per heavy atom. The normalized spacial score (nSPS) is 17.5. The van der Waals surface area contributed by atoms with E-state index in [-0.39, 0.29) is 30.1 Å². The standard InChI is InChI=1S/C18H17ClFNO2/c19-16-7-6-14(9-17(16)20)10-18(22)21-12-23-11-15(21)8-13-4-2-1-3-5-13/h1-7,9,15H,8,10-12H2/t15-/m1/s1. The van der Waals surface area contributed by atoms with Crippen molar-refractivity contribution in [2.45, 2.75) is 18.9 Å². The van der Waals surface area contributed by atoms with Crippen LogP contribution in [0.15, 0.2) is 48.5 Å². The SMILES string of the molecule is O=C(Cc1ccc(Cl)c(F)c1)N1COC[C@H]1Cc1ccccc1. The number of ether oxygens (including phenoxy) is 1. The van der Waals surface area contributed by atoms with Crippen molar-refractivity contribution in [3.63, 3.8) is 0 Å². The maximum Gasteiger partial charge on any atom is 0.229 e. The van der Waals surface area contributed by atoms with Crippen LogP contribution < -0.4 is 0 Å². The molecular weight excluding hydrogens is 317 g/mol. The van der Waals surface area contributed by atoms with Gasteiger partial charge in [0.15, 0.2) is 0 Å². The van der Waals surface area contributed by atoms with Gasteiger partial charge in [-0.2, -0.15) is 0 Å². The number of carbonyl (C=O) groups is 1. The maximum atomic E-state index is 13.5. The highest BCUT2D eigenvalue weighted by Gasteiger charge is 2.29. The first kappa shape index (κ1) is 16.0. The highest BCUT2D eigenvalue weighted by molar-refractivity contribution is 6.30. The van der Waals surface area contributed by atoms with Crippen LogP contribution in [0.2, 0.25) is 5.02 Å². The van der Waals surface area contributed by atoms with Gasteiger partial charge in [-0.25, -0.2) is 4.39 Å². The van der Waals surface area contributed by atoms with E-state index in [4.69, 9.17) is 16.3 Å².